The van der Waals surface area contributed by atoms with Crippen molar-refractivity contribution in [3.8, 4) is 6.07 Å². The second kappa shape index (κ2) is 8.20. The summed E-state index contributed by atoms with van der Waals surface area (Å²) in [6.45, 7) is 1.37. The summed E-state index contributed by atoms with van der Waals surface area (Å²) in [7, 11) is 0. The summed E-state index contributed by atoms with van der Waals surface area (Å²) in [4.78, 5) is 15.1. The predicted octanol–water partition coefficient (Wildman–Crippen LogP) is 4.20. The third-order valence-electron chi connectivity index (χ3n) is 4.86. The third kappa shape index (κ3) is 3.97. The first-order valence-corrected chi connectivity index (χ1v) is 8.76. The average Bonchev–Trinajstić information content (AvgIpc) is 2.65. The van der Waals surface area contributed by atoms with Crippen LogP contribution < -0.4 is 0 Å². The van der Waals surface area contributed by atoms with Crippen molar-refractivity contribution in [3.05, 3.63) is 71.3 Å². The number of hydrogen-bond donors (Lipinski definition) is 0. The Labute approximate surface area is 151 Å². The molecule has 0 amide bonds. The maximum Gasteiger partial charge on any atom is 0.171 e. The Hall–Kier alpha value is -2.58. The van der Waals surface area contributed by atoms with Gasteiger partial charge in [-0.3, -0.25) is 9.69 Å². The number of benzene rings is 2. The van der Waals surface area contributed by atoms with Gasteiger partial charge in [0.25, 0.3) is 0 Å². The summed E-state index contributed by atoms with van der Waals surface area (Å²) in [5, 5.41) is 9.50. The van der Waals surface area contributed by atoms with Crippen LogP contribution in [0.3, 0.4) is 0 Å². The minimum atomic E-state index is -1.23. The van der Waals surface area contributed by atoms with E-state index in [1.807, 2.05) is 36.4 Å². The number of ketones is 1. The van der Waals surface area contributed by atoms with Crippen molar-refractivity contribution in [2.45, 2.75) is 37.8 Å². The average molecular weight is 354 g/mol. The molecule has 5 heteroatoms. The molecule has 0 aromatic heterocycles. The Morgan fingerprint density at radius 3 is 2.65 bits per heavy atom. The maximum absolute atomic E-state index is 14.1. The lowest BCUT2D eigenvalue weighted by atomic mass is 9.87. The molecule has 2 aromatic carbocycles. The van der Waals surface area contributed by atoms with Gasteiger partial charge in [-0.05, 0) is 31.0 Å². The van der Waals surface area contributed by atoms with Crippen molar-refractivity contribution < 1.29 is 13.6 Å². The lowest BCUT2D eigenvalue weighted by Gasteiger charge is -2.35. The minimum Gasteiger partial charge on any atom is -0.296 e. The zero-order valence-corrected chi connectivity index (χ0v) is 14.4. The Morgan fingerprint density at radius 2 is 1.96 bits per heavy atom. The number of likely N-dealkylation sites (tertiary alicyclic amines) is 1. The number of carbonyl (C=O) groups is 1. The molecule has 1 heterocycles. The lowest BCUT2D eigenvalue weighted by Crippen LogP contribution is -2.45. The van der Waals surface area contributed by atoms with Crippen LogP contribution in [-0.2, 0) is 11.3 Å². The van der Waals surface area contributed by atoms with Crippen LogP contribution in [0.15, 0.2) is 48.5 Å². The van der Waals surface area contributed by atoms with E-state index in [0.717, 1.165) is 37.1 Å². The maximum atomic E-state index is 14.1. The molecule has 3 rings (SSSR count). The van der Waals surface area contributed by atoms with E-state index >= 15 is 0 Å². The normalized spacial score (nSPS) is 18.9. The van der Waals surface area contributed by atoms with Crippen molar-refractivity contribution in [1.29, 1.82) is 5.26 Å². The van der Waals surface area contributed by atoms with E-state index in [2.05, 4.69) is 4.90 Å². The van der Waals surface area contributed by atoms with Gasteiger partial charge in [-0.1, -0.05) is 42.8 Å². The van der Waals surface area contributed by atoms with Crippen LogP contribution in [0.1, 0.15) is 36.3 Å². The van der Waals surface area contributed by atoms with E-state index in [-0.39, 0.29) is 11.3 Å². The molecule has 26 heavy (non-hydrogen) atoms. The van der Waals surface area contributed by atoms with E-state index in [9.17, 15) is 18.8 Å². The molecule has 0 saturated carbocycles. The summed E-state index contributed by atoms with van der Waals surface area (Å²) in [6.07, 6.45) is 2.52. The van der Waals surface area contributed by atoms with Crippen molar-refractivity contribution in [2.24, 2.45) is 0 Å². The van der Waals surface area contributed by atoms with E-state index in [1.54, 1.807) is 0 Å². The number of halogens is 2. The molecule has 1 aliphatic heterocycles. The zero-order chi connectivity index (χ0) is 18.5. The van der Waals surface area contributed by atoms with Crippen LogP contribution in [-0.4, -0.2) is 23.3 Å². The molecule has 1 aliphatic rings. The van der Waals surface area contributed by atoms with E-state index < -0.39 is 23.6 Å². The fraction of sp³-hybridized carbons (Fsp3) is 0.333. The van der Waals surface area contributed by atoms with Crippen molar-refractivity contribution >= 4 is 5.78 Å². The third-order valence-corrected chi connectivity index (χ3v) is 4.86. The quantitative estimate of drug-likeness (QED) is 0.808. The van der Waals surface area contributed by atoms with Crippen LogP contribution in [0.4, 0.5) is 8.78 Å². The number of hydrogen-bond acceptors (Lipinski definition) is 3. The molecule has 0 N–H and O–H groups in total. The summed E-state index contributed by atoms with van der Waals surface area (Å²) in [6, 6.07) is 14.3. The molecule has 2 unspecified atom stereocenters. The van der Waals surface area contributed by atoms with E-state index in [1.165, 1.54) is 6.07 Å². The lowest BCUT2D eigenvalue weighted by molar-refractivity contribution is -0.126. The van der Waals surface area contributed by atoms with Crippen LogP contribution in [0.25, 0.3) is 0 Å². The Morgan fingerprint density at radius 1 is 1.19 bits per heavy atom. The second-order valence-electron chi connectivity index (χ2n) is 6.60. The number of nitrogens with zero attached hydrogens (tertiary/aromatic N) is 2. The number of nitriles is 1. The molecule has 3 nitrogen and oxygen atoms in total. The monoisotopic (exact) mass is 354 g/mol. The minimum absolute atomic E-state index is 0.0517. The van der Waals surface area contributed by atoms with Gasteiger partial charge < -0.3 is 0 Å². The van der Waals surface area contributed by atoms with Gasteiger partial charge in [0.2, 0.25) is 0 Å². The molecule has 2 atom stereocenters. The number of carbonyl (C=O) groups excluding carboxylic acids is 1. The molecule has 1 fully saturated rings. The van der Waals surface area contributed by atoms with Crippen LogP contribution in [0.2, 0.25) is 0 Å². The van der Waals surface area contributed by atoms with Gasteiger partial charge in [0.1, 0.15) is 17.6 Å². The molecule has 2 aromatic rings. The smallest absolute Gasteiger partial charge is 0.171 e. The topological polar surface area (TPSA) is 44.1 Å². The van der Waals surface area contributed by atoms with E-state index in [4.69, 9.17) is 0 Å². The number of Topliss-reactive ketones (excluding diaryl/α,β-unsaturated/α-hetero) is 1. The molecule has 134 valence electrons. The molecule has 0 spiro atoms. The highest BCUT2D eigenvalue weighted by atomic mass is 19.1. The van der Waals surface area contributed by atoms with Crippen LogP contribution in [0, 0.1) is 23.0 Å². The highest BCUT2D eigenvalue weighted by Crippen LogP contribution is 2.28. The predicted molar refractivity (Wildman–Crippen MR) is 94.2 cm³/mol. The fourth-order valence-corrected chi connectivity index (χ4v) is 3.53. The highest BCUT2D eigenvalue weighted by Gasteiger charge is 2.35. The van der Waals surface area contributed by atoms with Crippen molar-refractivity contribution in [2.75, 3.05) is 6.54 Å². The standard InChI is InChI=1S/C21H20F2N2O/c22-16-9-10-17(19(23)12-16)18(13-24)21(26)20-8-4-5-11-25(20)14-15-6-2-1-3-7-15/h1-3,6-7,9-10,12,18,20H,4-5,8,11,14H2. The Bertz CT molecular complexity index is 817. The molecular weight excluding hydrogens is 334 g/mol. The molecule has 0 radical (unpaired) electrons. The van der Waals surface area contributed by atoms with Crippen LogP contribution in [0.5, 0.6) is 0 Å². The van der Waals surface area contributed by atoms with Crippen LogP contribution >= 0.6 is 0 Å². The van der Waals surface area contributed by atoms with Crippen molar-refractivity contribution in [3.63, 3.8) is 0 Å². The molecule has 1 saturated heterocycles. The van der Waals surface area contributed by atoms with Gasteiger partial charge in [0.15, 0.2) is 5.78 Å². The summed E-state index contributed by atoms with van der Waals surface area (Å²) < 4.78 is 27.3. The largest absolute Gasteiger partial charge is 0.296 e. The van der Waals surface area contributed by atoms with Gasteiger partial charge in [-0.25, -0.2) is 8.78 Å². The van der Waals surface area contributed by atoms with Gasteiger partial charge in [0.05, 0.1) is 12.1 Å². The summed E-state index contributed by atoms with van der Waals surface area (Å²) in [5.74, 6) is -3.11. The SMILES string of the molecule is N#CC(C(=O)C1CCCCN1Cc1ccccc1)c1ccc(F)cc1F. The Kier molecular flexibility index (Phi) is 5.75. The second-order valence-corrected chi connectivity index (χ2v) is 6.60. The first-order valence-electron chi connectivity index (χ1n) is 8.76. The molecule has 0 bridgehead atoms. The number of rotatable bonds is 5. The molecule has 0 aliphatic carbocycles. The number of piperidine rings is 1. The van der Waals surface area contributed by atoms with Gasteiger partial charge in [0, 0.05) is 18.2 Å². The first kappa shape index (κ1) is 18.2. The molecular formula is C21H20F2N2O. The highest BCUT2D eigenvalue weighted by molar-refractivity contribution is 5.93. The van der Waals surface area contributed by atoms with Crippen molar-refractivity contribution in [1.82, 2.24) is 4.90 Å². The van der Waals surface area contributed by atoms with E-state index in [0.29, 0.717) is 13.0 Å². The first-order chi connectivity index (χ1) is 12.6. The summed E-state index contributed by atoms with van der Waals surface area (Å²) in [5.41, 5.74) is 1.04. The Balaban J connectivity index is 1.83. The fourth-order valence-electron chi connectivity index (χ4n) is 3.53. The van der Waals surface area contributed by atoms with Gasteiger partial charge in [-0.2, -0.15) is 5.26 Å². The van der Waals surface area contributed by atoms with Gasteiger partial charge >= 0.3 is 0 Å². The zero-order valence-electron chi connectivity index (χ0n) is 14.4. The van der Waals surface area contributed by atoms with Gasteiger partial charge in [-0.15, -0.1) is 0 Å². The summed E-state index contributed by atoms with van der Waals surface area (Å²) >= 11 is 0.